The second-order valence-electron chi connectivity index (χ2n) is 4.92. The van der Waals surface area contributed by atoms with Crippen LogP contribution < -0.4 is 9.47 Å². The molecule has 0 bridgehead atoms. The largest absolute Gasteiger partial charge is 0.490 e. The van der Waals surface area contributed by atoms with Crippen LogP contribution in [0.15, 0.2) is 60.7 Å². The van der Waals surface area contributed by atoms with E-state index >= 15 is 0 Å². The molecule has 23 heavy (non-hydrogen) atoms. The van der Waals surface area contributed by atoms with Crippen LogP contribution in [0.4, 0.5) is 4.39 Å². The maximum Gasteiger partial charge on any atom is 0.137 e. The smallest absolute Gasteiger partial charge is 0.137 e. The summed E-state index contributed by atoms with van der Waals surface area (Å²) in [6.45, 7) is 0.605. The van der Waals surface area contributed by atoms with E-state index in [9.17, 15) is 9.65 Å². The molecule has 0 fully saturated rings. The van der Waals surface area contributed by atoms with Crippen molar-refractivity contribution in [1.29, 1.82) is 5.26 Å². The van der Waals surface area contributed by atoms with Gasteiger partial charge in [0.2, 0.25) is 0 Å². The summed E-state index contributed by atoms with van der Waals surface area (Å²) in [7, 11) is 0. The minimum atomic E-state index is -0.302. The summed E-state index contributed by atoms with van der Waals surface area (Å²) in [6.07, 6.45) is 0. The topological polar surface area (TPSA) is 42.2 Å². The van der Waals surface area contributed by atoms with E-state index in [1.165, 1.54) is 12.1 Å². The van der Waals surface area contributed by atoms with Crippen LogP contribution in [0.2, 0.25) is 0 Å². The number of nitrogens with zero attached hydrogens (tertiary/aromatic N) is 1. The van der Waals surface area contributed by atoms with Gasteiger partial charge in [0.15, 0.2) is 0 Å². The van der Waals surface area contributed by atoms with E-state index in [4.69, 9.17) is 9.47 Å². The third-order valence-corrected chi connectivity index (χ3v) is 3.43. The van der Waals surface area contributed by atoms with Crippen LogP contribution in [0, 0.1) is 17.1 Å². The first-order valence-corrected chi connectivity index (χ1v) is 7.21. The summed E-state index contributed by atoms with van der Waals surface area (Å²) in [4.78, 5) is 0. The van der Waals surface area contributed by atoms with Gasteiger partial charge in [0, 0.05) is 5.39 Å². The summed E-state index contributed by atoms with van der Waals surface area (Å²) in [5.41, 5.74) is 0.518. The molecule has 0 heterocycles. The summed E-state index contributed by atoms with van der Waals surface area (Å²) in [6, 6.07) is 19.4. The van der Waals surface area contributed by atoms with Crippen LogP contribution in [-0.4, -0.2) is 13.2 Å². The highest BCUT2D eigenvalue weighted by atomic mass is 19.1. The quantitative estimate of drug-likeness (QED) is 0.660. The fraction of sp³-hybridized carbons (Fsp3) is 0.105. The number of ether oxygens (including phenoxy) is 2. The molecule has 0 unspecified atom stereocenters. The highest BCUT2D eigenvalue weighted by molar-refractivity contribution is 5.90. The van der Waals surface area contributed by atoms with Crippen molar-refractivity contribution in [3.05, 3.63) is 72.0 Å². The monoisotopic (exact) mass is 307 g/mol. The highest BCUT2D eigenvalue weighted by Gasteiger charge is 2.08. The molecule has 0 atom stereocenters. The fourth-order valence-electron chi connectivity index (χ4n) is 2.33. The van der Waals surface area contributed by atoms with E-state index in [0.29, 0.717) is 30.3 Å². The first kappa shape index (κ1) is 14.9. The predicted molar refractivity (Wildman–Crippen MR) is 86.1 cm³/mol. The zero-order valence-electron chi connectivity index (χ0n) is 12.3. The number of rotatable bonds is 5. The van der Waals surface area contributed by atoms with E-state index in [-0.39, 0.29) is 5.82 Å². The van der Waals surface area contributed by atoms with Crippen LogP contribution in [-0.2, 0) is 0 Å². The first-order chi connectivity index (χ1) is 11.3. The van der Waals surface area contributed by atoms with Crippen molar-refractivity contribution in [2.45, 2.75) is 0 Å². The molecule has 0 aliphatic carbocycles. The maximum atomic E-state index is 12.8. The minimum Gasteiger partial charge on any atom is -0.490 e. The zero-order valence-corrected chi connectivity index (χ0v) is 12.3. The van der Waals surface area contributed by atoms with Crippen molar-refractivity contribution in [3.63, 3.8) is 0 Å². The van der Waals surface area contributed by atoms with Crippen molar-refractivity contribution >= 4 is 10.8 Å². The van der Waals surface area contributed by atoms with Gasteiger partial charge < -0.3 is 9.47 Å². The molecular weight excluding hydrogens is 293 g/mol. The van der Waals surface area contributed by atoms with Gasteiger partial charge in [0.25, 0.3) is 0 Å². The van der Waals surface area contributed by atoms with E-state index in [2.05, 4.69) is 6.07 Å². The van der Waals surface area contributed by atoms with Crippen LogP contribution >= 0.6 is 0 Å². The van der Waals surface area contributed by atoms with Crippen molar-refractivity contribution < 1.29 is 13.9 Å². The Bertz CT molecular complexity index is 853. The van der Waals surface area contributed by atoms with Crippen molar-refractivity contribution in [3.8, 4) is 17.6 Å². The molecule has 0 amide bonds. The second-order valence-corrected chi connectivity index (χ2v) is 4.92. The van der Waals surface area contributed by atoms with E-state index < -0.39 is 0 Å². The van der Waals surface area contributed by atoms with Gasteiger partial charge in [0.05, 0.1) is 0 Å². The van der Waals surface area contributed by atoms with Gasteiger partial charge in [0.1, 0.15) is 42.2 Å². The van der Waals surface area contributed by atoms with E-state index in [1.807, 2.05) is 30.3 Å². The molecule has 0 N–H and O–H groups in total. The van der Waals surface area contributed by atoms with Crippen LogP contribution in [0.5, 0.6) is 11.5 Å². The van der Waals surface area contributed by atoms with Crippen molar-refractivity contribution in [2.24, 2.45) is 0 Å². The molecule has 3 aromatic rings. The van der Waals surface area contributed by atoms with Gasteiger partial charge in [-0.25, -0.2) is 4.39 Å². The van der Waals surface area contributed by atoms with Gasteiger partial charge in [-0.15, -0.1) is 0 Å². The number of benzene rings is 3. The van der Waals surface area contributed by atoms with E-state index in [0.717, 1.165) is 10.8 Å². The number of fused-ring (bicyclic) bond motifs is 1. The highest BCUT2D eigenvalue weighted by Crippen LogP contribution is 2.27. The van der Waals surface area contributed by atoms with Gasteiger partial charge >= 0.3 is 0 Å². The van der Waals surface area contributed by atoms with Crippen molar-refractivity contribution in [2.75, 3.05) is 13.2 Å². The summed E-state index contributed by atoms with van der Waals surface area (Å²) in [5, 5.41) is 11.2. The standard InChI is InChI=1S/C19H14FNO2/c20-15-6-8-16(9-7-15)22-11-12-23-19-10-5-14-3-1-2-4-17(14)18(19)13-21/h1-10H,11-12H2. The Morgan fingerprint density at radius 1 is 0.870 bits per heavy atom. The molecule has 114 valence electrons. The lowest BCUT2D eigenvalue weighted by molar-refractivity contribution is 0.217. The molecule has 0 saturated heterocycles. The molecule has 0 aliphatic rings. The normalized spacial score (nSPS) is 10.3. The molecule has 0 saturated carbocycles. The zero-order chi connectivity index (χ0) is 16.1. The Labute approximate surface area is 133 Å². The number of hydrogen-bond acceptors (Lipinski definition) is 3. The lowest BCUT2D eigenvalue weighted by Crippen LogP contribution is -2.09. The Morgan fingerprint density at radius 3 is 2.39 bits per heavy atom. The molecule has 0 spiro atoms. The Hall–Kier alpha value is -3.06. The number of hydrogen-bond donors (Lipinski definition) is 0. The minimum absolute atomic E-state index is 0.296. The van der Waals surface area contributed by atoms with Gasteiger partial charge in [-0.1, -0.05) is 30.3 Å². The molecule has 3 aromatic carbocycles. The lowest BCUT2D eigenvalue weighted by Gasteiger charge is -2.11. The summed E-state index contributed by atoms with van der Waals surface area (Å²) >= 11 is 0. The molecule has 4 heteroatoms. The van der Waals surface area contributed by atoms with E-state index in [1.54, 1.807) is 18.2 Å². The van der Waals surface area contributed by atoms with Gasteiger partial charge in [-0.05, 0) is 35.7 Å². The first-order valence-electron chi connectivity index (χ1n) is 7.21. The number of nitriles is 1. The van der Waals surface area contributed by atoms with Crippen LogP contribution in [0.25, 0.3) is 10.8 Å². The van der Waals surface area contributed by atoms with Gasteiger partial charge in [-0.3, -0.25) is 0 Å². The third-order valence-electron chi connectivity index (χ3n) is 3.43. The second kappa shape index (κ2) is 6.80. The average molecular weight is 307 g/mol. The van der Waals surface area contributed by atoms with Crippen molar-refractivity contribution in [1.82, 2.24) is 0 Å². The third kappa shape index (κ3) is 3.41. The average Bonchev–Trinajstić information content (AvgIpc) is 2.59. The maximum absolute atomic E-state index is 12.8. The SMILES string of the molecule is N#Cc1c(OCCOc2ccc(F)cc2)ccc2ccccc12. The molecule has 3 nitrogen and oxygen atoms in total. The Morgan fingerprint density at radius 2 is 1.61 bits per heavy atom. The molecule has 3 rings (SSSR count). The fourth-order valence-corrected chi connectivity index (χ4v) is 2.33. The molecule has 0 aromatic heterocycles. The number of halogens is 1. The Kier molecular flexibility index (Phi) is 4.39. The molecular formula is C19H14FNO2. The van der Waals surface area contributed by atoms with Crippen LogP contribution in [0.3, 0.4) is 0 Å². The predicted octanol–water partition coefficient (Wildman–Crippen LogP) is 4.31. The van der Waals surface area contributed by atoms with Crippen LogP contribution in [0.1, 0.15) is 5.56 Å². The lowest BCUT2D eigenvalue weighted by atomic mass is 10.0. The summed E-state index contributed by atoms with van der Waals surface area (Å²) in [5.74, 6) is 0.811. The molecule has 0 radical (unpaired) electrons. The van der Waals surface area contributed by atoms with Gasteiger partial charge in [-0.2, -0.15) is 5.26 Å². The molecule has 0 aliphatic heterocycles. The Balaban J connectivity index is 1.65. The summed E-state index contributed by atoms with van der Waals surface area (Å²) < 4.78 is 23.9.